The van der Waals surface area contributed by atoms with Crippen molar-refractivity contribution in [3.63, 3.8) is 0 Å². The van der Waals surface area contributed by atoms with E-state index in [1.807, 2.05) is 13.8 Å². The molecule has 0 aliphatic rings. The lowest BCUT2D eigenvalue weighted by atomic mass is 10.2. The fourth-order valence-electron chi connectivity index (χ4n) is 2.13. The maximum absolute atomic E-state index is 9.04. The van der Waals surface area contributed by atoms with Crippen molar-refractivity contribution in [1.29, 1.82) is 5.39 Å². The third-order valence-electron chi connectivity index (χ3n) is 3.28. The molecule has 2 rings (SSSR count). The van der Waals surface area contributed by atoms with Crippen LogP contribution in [0.3, 0.4) is 0 Å². The Hall–Kier alpha value is -1.96. The summed E-state index contributed by atoms with van der Waals surface area (Å²) in [5.74, 6) is 1.22. The molecular formula is C16H16Cl2N3O+. The van der Waals surface area contributed by atoms with E-state index in [1.54, 1.807) is 36.4 Å². The van der Waals surface area contributed by atoms with Crippen molar-refractivity contribution in [3.05, 3.63) is 51.4 Å². The van der Waals surface area contributed by atoms with Gasteiger partial charge in [-0.3, -0.25) is 0 Å². The van der Waals surface area contributed by atoms with Crippen molar-refractivity contribution in [2.75, 3.05) is 18.0 Å². The largest absolute Gasteiger partial charge is 0.455 e. The van der Waals surface area contributed by atoms with Crippen LogP contribution in [-0.4, -0.2) is 13.1 Å². The highest BCUT2D eigenvalue weighted by molar-refractivity contribution is 6.33. The zero-order chi connectivity index (χ0) is 16.1. The van der Waals surface area contributed by atoms with Crippen LogP contribution < -0.4 is 9.64 Å². The molecular weight excluding hydrogens is 321 g/mol. The molecule has 22 heavy (non-hydrogen) atoms. The highest BCUT2D eigenvalue weighted by Gasteiger charge is 2.21. The summed E-state index contributed by atoms with van der Waals surface area (Å²) in [5.41, 5.74) is 1.11. The van der Waals surface area contributed by atoms with Gasteiger partial charge in [-0.2, -0.15) is 0 Å². The number of ether oxygens (including phenoxy) is 1. The summed E-state index contributed by atoms with van der Waals surface area (Å²) >= 11 is 12.0. The van der Waals surface area contributed by atoms with Gasteiger partial charge in [0, 0.05) is 18.1 Å². The maximum Gasteiger partial charge on any atom is 0.407 e. The van der Waals surface area contributed by atoms with Crippen molar-refractivity contribution >= 4 is 34.6 Å². The Kier molecular flexibility index (Phi) is 5.48. The number of nitrogens with zero attached hydrogens (tertiary/aromatic N) is 3. The summed E-state index contributed by atoms with van der Waals surface area (Å²) in [6.07, 6.45) is 0. The number of hydrogen-bond donors (Lipinski definition) is 0. The summed E-state index contributed by atoms with van der Waals surface area (Å²) in [6, 6.07) is 10.4. The van der Waals surface area contributed by atoms with Gasteiger partial charge >= 0.3 is 5.69 Å². The molecule has 0 bridgehead atoms. The van der Waals surface area contributed by atoms with Gasteiger partial charge < -0.3 is 9.64 Å². The predicted octanol–water partition coefficient (Wildman–Crippen LogP) is 6.12. The maximum atomic E-state index is 9.04. The summed E-state index contributed by atoms with van der Waals surface area (Å²) in [4.78, 5) is 5.30. The third-order valence-corrected chi connectivity index (χ3v) is 3.84. The fraction of sp³-hybridized carbons (Fsp3) is 0.250. The van der Waals surface area contributed by atoms with Crippen LogP contribution in [-0.2, 0) is 0 Å². The average molecular weight is 337 g/mol. The van der Waals surface area contributed by atoms with Gasteiger partial charge in [0.15, 0.2) is 10.7 Å². The molecule has 0 fully saturated rings. The first-order valence-electron chi connectivity index (χ1n) is 6.96. The summed E-state index contributed by atoms with van der Waals surface area (Å²) in [5, 5.41) is 10.0. The zero-order valence-electron chi connectivity index (χ0n) is 12.4. The fourth-order valence-corrected chi connectivity index (χ4v) is 2.45. The Bertz CT molecular complexity index is 692. The predicted molar refractivity (Wildman–Crippen MR) is 91.3 cm³/mol. The van der Waals surface area contributed by atoms with Crippen LogP contribution in [0.4, 0.5) is 11.4 Å². The van der Waals surface area contributed by atoms with Gasteiger partial charge in [0.25, 0.3) is 0 Å². The van der Waals surface area contributed by atoms with E-state index in [4.69, 9.17) is 33.3 Å². The van der Waals surface area contributed by atoms with Gasteiger partial charge in [-0.15, -0.1) is 0 Å². The zero-order valence-corrected chi connectivity index (χ0v) is 13.9. The van der Waals surface area contributed by atoms with E-state index in [0.29, 0.717) is 21.5 Å². The van der Waals surface area contributed by atoms with Gasteiger partial charge in [0.1, 0.15) is 10.8 Å². The Morgan fingerprint density at radius 2 is 1.73 bits per heavy atom. The Labute approximate surface area is 139 Å². The summed E-state index contributed by atoms with van der Waals surface area (Å²) < 4.78 is 5.92. The van der Waals surface area contributed by atoms with E-state index in [-0.39, 0.29) is 5.69 Å². The van der Waals surface area contributed by atoms with Gasteiger partial charge in [0.05, 0.1) is 11.8 Å². The van der Waals surface area contributed by atoms with E-state index in [0.717, 1.165) is 18.8 Å². The normalized spacial score (nSPS) is 10.1. The minimum Gasteiger partial charge on any atom is -0.455 e. The van der Waals surface area contributed by atoms with Crippen LogP contribution in [0, 0.1) is 5.39 Å². The smallest absolute Gasteiger partial charge is 0.407 e. The number of benzene rings is 2. The molecule has 0 radical (unpaired) electrons. The molecule has 0 saturated heterocycles. The first kappa shape index (κ1) is 16.4. The lowest BCUT2D eigenvalue weighted by Crippen LogP contribution is -2.22. The molecule has 0 heterocycles. The van der Waals surface area contributed by atoms with E-state index >= 15 is 0 Å². The summed E-state index contributed by atoms with van der Waals surface area (Å²) in [6.45, 7) is 5.71. The number of diazo groups is 1. The highest BCUT2D eigenvalue weighted by atomic mass is 35.5. The van der Waals surface area contributed by atoms with Crippen LogP contribution in [0.15, 0.2) is 36.4 Å². The molecule has 0 spiro atoms. The Morgan fingerprint density at radius 1 is 1.09 bits per heavy atom. The molecule has 2 aromatic carbocycles. The molecule has 0 aromatic heterocycles. The molecule has 114 valence electrons. The quantitative estimate of drug-likeness (QED) is 0.617. The van der Waals surface area contributed by atoms with Gasteiger partial charge in [-0.25, -0.2) is 0 Å². The lowest BCUT2D eigenvalue weighted by molar-refractivity contribution is 0.482. The molecule has 0 aliphatic carbocycles. The first-order valence-corrected chi connectivity index (χ1v) is 7.71. The SMILES string of the molecule is CCN(CC)c1cc(Cl)c([N+]#N)cc1Oc1ccc(Cl)cc1. The van der Waals surface area contributed by atoms with E-state index in [1.165, 1.54) is 0 Å². The second kappa shape index (κ2) is 7.35. The molecule has 0 saturated carbocycles. The van der Waals surface area contributed by atoms with E-state index < -0.39 is 0 Å². The van der Waals surface area contributed by atoms with Crippen LogP contribution in [0.1, 0.15) is 13.8 Å². The van der Waals surface area contributed by atoms with Gasteiger partial charge in [-0.05, 0) is 44.2 Å². The number of hydrogen-bond acceptors (Lipinski definition) is 3. The van der Waals surface area contributed by atoms with Crippen LogP contribution in [0.25, 0.3) is 4.98 Å². The molecule has 0 N–H and O–H groups in total. The van der Waals surface area contributed by atoms with Crippen LogP contribution in [0.5, 0.6) is 11.5 Å². The molecule has 2 aromatic rings. The van der Waals surface area contributed by atoms with Gasteiger partial charge in [0.2, 0.25) is 5.39 Å². The van der Waals surface area contributed by atoms with E-state index in [9.17, 15) is 0 Å². The van der Waals surface area contributed by atoms with Gasteiger partial charge in [-0.1, -0.05) is 23.2 Å². The molecule has 0 amide bonds. The van der Waals surface area contributed by atoms with E-state index in [2.05, 4.69) is 9.88 Å². The number of anilines is 1. The molecule has 6 heteroatoms. The number of halogens is 2. The standard InChI is InChI=1S/C16H16Cl2N3O/c1-3-21(4-2)15-9-13(18)14(20-19)10-16(15)22-12-7-5-11(17)6-8-12/h5-10H,3-4H2,1-2H3/q+1. The summed E-state index contributed by atoms with van der Waals surface area (Å²) in [7, 11) is 0. The lowest BCUT2D eigenvalue weighted by Gasteiger charge is -2.23. The topological polar surface area (TPSA) is 40.6 Å². The molecule has 0 unspecified atom stereocenters. The molecule has 0 atom stereocenters. The monoisotopic (exact) mass is 336 g/mol. The van der Waals surface area contributed by atoms with Crippen LogP contribution in [0.2, 0.25) is 10.0 Å². The highest BCUT2D eigenvalue weighted by Crippen LogP contribution is 2.40. The van der Waals surface area contributed by atoms with Crippen molar-refractivity contribution < 1.29 is 4.74 Å². The van der Waals surface area contributed by atoms with Crippen LogP contribution >= 0.6 is 23.2 Å². The molecule has 0 aliphatic heterocycles. The number of rotatable bonds is 5. The van der Waals surface area contributed by atoms with Crippen molar-refractivity contribution in [1.82, 2.24) is 0 Å². The van der Waals surface area contributed by atoms with Crippen molar-refractivity contribution in [2.24, 2.45) is 0 Å². The average Bonchev–Trinajstić information content (AvgIpc) is 2.53. The second-order valence-electron chi connectivity index (χ2n) is 4.60. The second-order valence-corrected chi connectivity index (χ2v) is 5.44. The van der Waals surface area contributed by atoms with Crippen molar-refractivity contribution in [2.45, 2.75) is 13.8 Å². The Morgan fingerprint density at radius 3 is 2.27 bits per heavy atom. The van der Waals surface area contributed by atoms with Crippen molar-refractivity contribution in [3.8, 4) is 11.5 Å². The first-order chi connectivity index (χ1) is 10.6. The minimum atomic E-state index is 0.265. The Balaban J connectivity index is 2.47. The third kappa shape index (κ3) is 3.62. The molecule has 4 nitrogen and oxygen atoms in total. The minimum absolute atomic E-state index is 0.265.